The molecular formula is C30H22BN. The summed E-state index contributed by atoms with van der Waals surface area (Å²) in [4.78, 5) is 2.50. The molecule has 0 saturated carbocycles. The maximum atomic E-state index is 2.50. The summed E-state index contributed by atoms with van der Waals surface area (Å²) >= 11 is 0. The van der Waals surface area contributed by atoms with Crippen molar-refractivity contribution in [1.82, 2.24) is 0 Å². The van der Waals surface area contributed by atoms with Gasteiger partial charge in [-0.25, -0.2) is 0 Å². The number of hydrogen-bond acceptors (Lipinski definition) is 1. The van der Waals surface area contributed by atoms with E-state index in [4.69, 9.17) is 0 Å². The molecule has 0 fully saturated rings. The lowest BCUT2D eigenvalue weighted by atomic mass is 9.46. The molecule has 0 unspecified atom stereocenters. The van der Waals surface area contributed by atoms with E-state index in [1.54, 1.807) is 0 Å². The quantitative estimate of drug-likeness (QED) is 0.318. The molecule has 0 aliphatic carbocycles. The Balaban J connectivity index is 1.60. The molecule has 0 spiro atoms. The Hall–Kier alpha value is -4.04. The largest absolute Gasteiger partial charge is 0.376 e. The van der Waals surface area contributed by atoms with Gasteiger partial charge in [0.15, 0.2) is 0 Å². The van der Waals surface area contributed by atoms with E-state index in [9.17, 15) is 0 Å². The number of nitrogens with zero attached hydrogens (tertiary/aromatic N) is 1. The van der Waals surface area contributed by atoms with E-state index >= 15 is 0 Å². The van der Waals surface area contributed by atoms with E-state index in [1.165, 1.54) is 44.6 Å². The van der Waals surface area contributed by atoms with Gasteiger partial charge in [-0.15, -0.1) is 0 Å². The van der Waals surface area contributed by atoms with Gasteiger partial charge in [-0.3, -0.25) is 0 Å². The fourth-order valence-electron chi connectivity index (χ4n) is 4.89. The highest BCUT2D eigenvalue weighted by atomic mass is 15.1. The van der Waals surface area contributed by atoms with Crippen LogP contribution >= 0.6 is 0 Å². The molecule has 1 aliphatic rings. The fraction of sp³-hybridized carbons (Fsp3) is 0. The second-order valence-corrected chi connectivity index (χ2v) is 8.20. The minimum atomic E-state index is 0.105. The van der Waals surface area contributed by atoms with Crippen molar-refractivity contribution >= 4 is 29.1 Å². The molecule has 0 atom stereocenters. The smallest absolute Gasteiger partial charge is 0.328 e. The first-order chi connectivity index (χ1) is 15.9. The summed E-state index contributed by atoms with van der Waals surface area (Å²) in [6.45, 7) is 0.105. The Morgan fingerprint density at radius 1 is 0.469 bits per heavy atom. The molecule has 0 aromatic heterocycles. The zero-order valence-corrected chi connectivity index (χ0v) is 17.7. The monoisotopic (exact) mass is 407 g/mol. The summed E-state index contributed by atoms with van der Waals surface area (Å²) in [6.07, 6.45) is 0. The van der Waals surface area contributed by atoms with E-state index in [0.29, 0.717) is 0 Å². The lowest BCUT2D eigenvalue weighted by Crippen LogP contribution is -2.57. The molecule has 6 rings (SSSR count). The van der Waals surface area contributed by atoms with Crippen LogP contribution in [0.1, 0.15) is 0 Å². The summed E-state index contributed by atoms with van der Waals surface area (Å²) in [5.41, 5.74) is 10.1. The van der Waals surface area contributed by atoms with Gasteiger partial charge in [-0.2, -0.15) is 0 Å². The van der Waals surface area contributed by atoms with Crippen LogP contribution in [0.2, 0.25) is 0 Å². The van der Waals surface area contributed by atoms with Gasteiger partial charge in [0.1, 0.15) is 0 Å². The van der Waals surface area contributed by atoms with Gasteiger partial charge in [0.2, 0.25) is 0 Å². The first-order valence-corrected chi connectivity index (χ1v) is 11.1. The third-order valence-corrected chi connectivity index (χ3v) is 6.31. The van der Waals surface area contributed by atoms with Crippen LogP contribution in [0.15, 0.2) is 133 Å². The molecule has 0 bridgehead atoms. The Kier molecular flexibility index (Phi) is 4.62. The minimum absolute atomic E-state index is 0.105. The van der Waals surface area contributed by atoms with Crippen molar-refractivity contribution in [2.24, 2.45) is 0 Å². The SMILES string of the molecule is c1ccc(B2c3ccccc3-c3ccccc3N2c2cccc(-c3ccccc3)c2)cc1. The van der Waals surface area contributed by atoms with Gasteiger partial charge in [0, 0.05) is 16.9 Å². The maximum Gasteiger partial charge on any atom is 0.328 e. The first-order valence-electron chi connectivity index (χ1n) is 11.1. The molecule has 1 nitrogen and oxygen atoms in total. The number of anilines is 2. The molecular weight excluding hydrogens is 385 g/mol. The predicted molar refractivity (Wildman–Crippen MR) is 137 cm³/mol. The highest BCUT2D eigenvalue weighted by Crippen LogP contribution is 2.40. The van der Waals surface area contributed by atoms with Crippen molar-refractivity contribution in [2.45, 2.75) is 0 Å². The predicted octanol–water partition coefficient (Wildman–Crippen LogP) is 6.28. The standard InChI is InChI=1S/C30H22BN/c1-3-12-23(13-4-1)24-14-11-17-26(22-24)32-30-21-10-8-19-28(30)27-18-7-9-20-29(27)31(32)25-15-5-2-6-16-25/h1-22H. The van der Waals surface area contributed by atoms with Crippen LogP contribution in [0.4, 0.5) is 11.4 Å². The molecule has 5 aromatic carbocycles. The molecule has 150 valence electrons. The summed E-state index contributed by atoms with van der Waals surface area (Å²) in [7, 11) is 0. The summed E-state index contributed by atoms with van der Waals surface area (Å²) in [5.74, 6) is 0. The summed E-state index contributed by atoms with van der Waals surface area (Å²) < 4.78 is 0. The Labute approximate surface area is 189 Å². The van der Waals surface area contributed by atoms with E-state index < -0.39 is 0 Å². The molecule has 0 N–H and O–H groups in total. The number of fused-ring (bicyclic) bond motifs is 3. The van der Waals surface area contributed by atoms with Gasteiger partial charge < -0.3 is 4.81 Å². The van der Waals surface area contributed by atoms with Crippen LogP contribution in [0.3, 0.4) is 0 Å². The molecule has 0 radical (unpaired) electrons. The second-order valence-electron chi connectivity index (χ2n) is 8.20. The van der Waals surface area contributed by atoms with Crippen LogP contribution in [-0.2, 0) is 0 Å². The average Bonchev–Trinajstić information content (AvgIpc) is 2.89. The lowest BCUT2D eigenvalue weighted by molar-refractivity contribution is 1.36. The lowest BCUT2D eigenvalue weighted by Gasteiger charge is -2.39. The van der Waals surface area contributed by atoms with E-state index in [-0.39, 0.29) is 6.85 Å². The second kappa shape index (κ2) is 7.90. The minimum Gasteiger partial charge on any atom is -0.376 e. The van der Waals surface area contributed by atoms with E-state index in [0.717, 1.165) is 0 Å². The van der Waals surface area contributed by atoms with Gasteiger partial charge in [-0.05, 0) is 40.4 Å². The molecule has 1 heterocycles. The van der Waals surface area contributed by atoms with Gasteiger partial charge in [0.25, 0.3) is 0 Å². The van der Waals surface area contributed by atoms with Crippen LogP contribution in [0, 0.1) is 0 Å². The zero-order valence-electron chi connectivity index (χ0n) is 17.7. The Bertz CT molecular complexity index is 1380. The third-order valence-electron chi connectivity index (χ3n) is 6.31. The fourth-order valence-corrected chi connectivity index (χ4v) is 4.89. The van der Waals surface area contributed by atoms with Crippen molar-refractivity contribution in [2.75, 3.05) is 4.81 Å². The highest BCUT2D eigenvalue weighted by molar-refractivity contribution is 6.90. The van der Waals surface area contributed by atoms with Crippen molar-refractivity contribution in [3.05, 3.63) is 133 Å². The van der Waals surface area contributed by atoms with Gasteiger partial charge in [0.05, 0.1) is 0 Å². The van der Waals surface area contributed by atoms with Gasteiger partial charge in [-0.1, -0.05) is 121 Å². The third kappa shape index (κ3) is 3.12. The van der Waals surface area contributed by atoms with Crippen LogP contribution in [-0.4, -0.2) is 6.85 Å². The van der Waals surface area contributed by atoms with Crippen molar-refractivity contribution in [3.63, 3.8) is 0 Å². The number of benzene rings is 5. The molecule has 5 aromatic rings. The molecule has 0 amide bonds. The summed E-state index contributed by atoms with van der Waals surface area (Å²) in [5, 5.41) is 0. The van der Waals surface area contributed by atoms with E-state index in [1.807, 2.05) is 0 Å². The average molecular weight is 407 g/mol. The topological polar surface area (TPSA) is 3.24 Å². The molecule has 2 heteroatoms. The zero-order chi connectivity index (χ0) is 21.3. The number of para-hydroxylation sites is 1. The maximum absolute atomic E-state index is 2.50. The van der Waals surface area contributed by atoms with Crippen molar-refractivity contribution < 1.29 is 0 Å². The van der Waals surface area contributed by atoms with Crippen molar-refractivity contribution in [3.8, 4) is 22.3 Å². The Morgan fingerprint density at radius 2 is 1.09 bits per heavy atom. The molecule has 1 aliphatic heterocycles. The first kappa shape index (κ1) is 18.7. The summed E-state index contributed by atoms with van der Waals surface area (Å²) in [6, 6.07) is 47.9. The van der Waals surface area contributed by atoms with Gasteiger partial charge >= 0.3 is 6.85 Å². The molecule has 32 heavy (non-hydrogen) atoms. The number of hydrogen-bond donors (Lipinski definition) is 0. The highest BCUT2D eigenvalue weighted by Gasteiger charge is 2.36. The Morgan fingerprint density at radius 3 is 1.91 bits per heavy atom. The normalized spacial score (nSPS) is 12.2. The van der Waals surface area contributed by atoms with Crippen LogP contribution in [0.5, 0.6) is 0 Å². The van der Waals surface area contributed by atoms with E-state index in [2.05, 4.69) is 138 Å². The van der Waals surface area contributed by atoms with Crippen LogP contribution < -0.4 is 15.7 Å². The van der Waals surface area contributed by atoms with Crippen LogP contribution in [0.25, 0.3) is 22.3 Å². The molecule has 0 saturated heterocycles. The van der Waals surface area contributed by atoms with Crippen molar-refractivity contribution in [1.29, 1.82) is 0 Å². The number of rotatable bonds is 3.